The van der Waals surface area contributed by atoms with E-state index in [2.05, 4.69) is 5.32 Å². The molecule has 1 N–H and O–H groups in total. The number of carbonyl (C=O) groups is 2. The fraction of sp³-hybridized carbons (Fsp3) is 0.440. The maximum absolute atomic E-state index is 13.3. The van der Waals surface area contributed by atoms with Gasteiger partial charge in [-0.2, -0.15) is 0 Å². The number of anilines is 1. The van der Waals surface area contributed by atoms with E-state index in [-0.39, 0.29) is 37.7 Å². The number of hydrogen-bond donors (Lipinski definition) is 1. The quantitative estimate of drug-likeness (QED) is 0.464. The van der Waals surface area contributed by atoms with Gasteiger partial charge in [-0.3, -0.25) is 13.9 Å². The Morgan fingerprint density at radius 1 is 1.03 bits per heavy atom. The minimum absolute atomic E-state index is 0.0628. The molecule has 0 saturated carbocycles. The van der Waals surface area contributed by atoms with Crippen molar-refractivity contribution in [2.45, 2.75) is 58.7 Å². The molecule has 0 heterocycles. The minimum atomic E-state index is -3.53. The largest absolute Gasteiger partial charge is 0.350 e. The number of sulfonamides is 1. The van der Waals surface area contributed by atoms with Crippen molar-refractivity contribution >= 4 is 50.7 Å². The van der Waals surface area contributed by atoms with Crippen LogP contribution >= 0.6 is 23.2 Å². The second kappa shape index (κ2) is 12.1. The van der Waals surface area contributed by atoms with Crippen molar-refractivity contribution in [2.24, 2.45) is 0 Å². The number of halogens is 2. The van der Waals surface area contributed by atoms with Gasteiger partial charge in [0, 0.05) is 25.0 Å². The summed E-state index contributed by atoms with van der Waals surface area (Å²) in [6.45, 7) is 7.56. The number of carbonyl (C=O) groups excluding carboxylic acids is 2. The molecule has 2 aromatic carbocycles. The smallest absolute Gasteiger partial charge is 0.242 e. The molecule has 0 spiro atoms. The Morgan fingerprint density at radius 3 is 2.20 bits per heavy atom. The summed E-state index contributed by atoms with van der Waals surface area (Å²) in [4.78, 5) is 27.7. The SMILES string of the molecule is CC(C(=O)NC(C)(C)C)N(Cc1ccc(Cl)c(Cl)c1)C(=O)CCCN(c1ccccc1)S(C)(=O)=O. The van der Waals surface area contributed by atoms with Gasteiger partial charge in [-0.25, -0.2) is 8.42 Å². The summed E-state index contributed by atoms with van der Waals surface area (Å²) in [6, 6.07) is 13.0. The number of benzene rings is 2. The zero-order valence-corrected chi connectivity index (χ0v) is 23.0. The fourth-order valence-corrected chi connectivity index (χ4v) is 4.78. The second-order valence-corrected chi connectivity index (χ2v) is 12.2. The highest BCUT2D eigenvalue weighted by Gasteiger charge is 2.28. The summed E-state index contributed by atoms with van der Waals surface area (Å²) in [6.07, 6.45) is 1.48. The predicted molar refractivity (Wildman–Crippen MR) is 142 cm³/mol. The number of para-hydroxylation sites is 1. The van der Waals surface area contributed by atoms with Crippen molar-refractivity contribution < 1.29 is 18.0 Å². The number of amides is 2. The molecule has 0 aliphatic carbocycles. The summed E-state index contributed by atoms with van der Waals surface area (Å²) in [5.74, 6) is -0.554. The molecule has 2 aromatic rings. The zero-order chi connectivity index (χ0) is 26.4. The third kappa shape index (κ3) is 9.02. The van der Waals surface area contributed by atoms with Crippen LogP contribution in [0.5, 0.6) is 0 Å². The molecule has 0 fully saturated rings. The Hall–Kier alpha value is -2.29. The molecule has 192 valence electrons. The van der Waals surface area contributed by atoms with Crippen molar-refractivity contribution in [3.8, 4) is 0 Å². The normalized spacial score (nSPS) is 12.7. The van der Waals surface area contributed by atoms with Crippen LogP contribution in [-0.4, -0.2) is 49.5 Å². The Balaban J connectivity index is 2.20. The topological polar surface area (TPSA) is 86.8 Å². The highest BCUT2D eigenvalue weighted by Crippen LogP contribution is 2.24. The van der Waals surface area contributed by atoms with E-state index in [0.717, 1.165) is 11.8 Å². The maximum atomic E-state index is 13.3. The summed E-state index contributed by atoms with van der Waals surface area (Å²) in [5, 5.41) is 3.66. The van der Waals surface area contributed by atoms with Crippen LogP contribution in [0, 0.1) is 0 Å². The summed E-state index contributed by atoms with van der Waals surface area (Å²) in [7, 11) is -3.53. The van der Waals surface area contributed by atoms with E-state index in [1.807, 2.05) is 20.8 Å². The monoisotopic (exact) mass is 541 g/mol. The van der Waals surface area contributed by atoms with Gasteiger partial charge in [0.2, 0.25) is 21.8 Å². The molecule has 0 aliphatic heterocycles. The maximum Gasteiger partial charge on any atom is 0.242 e. The second-order valence-electron chi connectivity index (χ2n) is 9.46. The van der Waals surface area contributed by atoms with Gasteiger partial charge in [0.1, 0.15) is 6.04 Å². The number of nitrogens with zero attached hydrogens (tertiary/aromatic N) is 2. The molecule has 2 rings (SSSR count). The van der Waals surface area contributed by atoms with Gasteiger partial charge in [-0.1, -0.05) is 47.5 Å². The van der Waals surface area contributed by atoms with Gasteiger partial charge in [0.25, 0.3) is 0 Å². The lowest BCUT2D eigenvalue weighted by Gasteiger charge is -2.32. The predicted octanol–water partition coefficient (Wildman–Crippen LogP) is 4.87. The molecule has 10 heteroatoms. The highest BCUT2D eigenvalue weighted by atomic mass is 35.5. The molecule has 1 atom stereocenters. The number of nitrogens with one attached hydrogen (secondary N) is 1. The van der Waals surface area contributed by atoms with E-state index >= 15 is 0 Å². The van der Waals surface area contributed by atoms with Crippen LogP contribution in [0.15, 0.2) is 48.5 Å². The van der Waals surface area contributed by atoms with Crippen molar-refractivity contribution in [3.63, 3.8) is 0 Å². The summed E-state index contributed by atoms with van der Waals surface area (Å²) >= 11 is 12.2. The standard InChI is InChI=1S/C25H33Cl2N3O4S/c1-18(24(32)28-25(2,3)4)29(17-19-13-14-21(26)22(27)16-19)23(31)12-9-15-30(35(5,33)34)20-10-7-6-8-11-20/h6-8,10-11,13-14,16,18H,9,12,15,17H2,1-5H3,(H,28,32). The average Bonchev–Trinajstić information content (AvgIpc) is 2.75. The molecule has 0 bridgehead atoms. The molecule has 1 unspecified atom stereocenters. The Morgan fingerprint density at radius 2 is 1.66 bits per heavy atom. The van der Waals surface area contributed by atoms with Crippen LogP contribution in [0.4, 0.5) is 5.69 Å². The third-order valence-electron chi connectivity index (χ3n) is 5.20. The van der Waals surface area contributed by atoms with E-state index in [4.69, 9.17) is 23.2 Å². The van der Waals surface area contributed by atoms with E-state index in [0.29, 0.717) is 15.7 Å². The first-order valence-electron chi connectivity index (χ1n) is 11.3. The lowest BCUT2D eigenvalue weighted by Crippen LogP contribution is -2.52. The van der Waals surface area contributed by atoms with E-state index < -0.39 is 21.6 Å². The van der Waals surface area contributed by atoms with Crippen molar-refractivity contribution in [1.82, 2.24) is 10.2 Å². The van der Waals surface area contributed by atoms with Crippen molar-refractivity contribution in [3.05, 3.63) is 64.1 Å². The van der Waals surface area contributed by atoms with E-state index in [9.17, 15) is 18.0 Å². The van der Waals surface area contributed by atoms with Crippen LogP contribution < -0.4 is 9.62 Å². The minimum Gasteiger partial charge on any atom is -0.350 e. The van der Waals surface area contributed by atoms with Gasteiger partial charge in [0.15, 0.2) is 0 Å². The molecule has 0 radical (unpaired) electrons. The Bertz CT molecular complexity index is 1140. The molecule has 0 aromatic heterocycles. The first-order chi connectivity index (χ1) is 16.2. The molecular formula is C25H33Cl2N3O4S. The van der Waals surface area contributed by atoms with Gasteiger partial charge < -0.3 is 10.2 Å². The molecular weight excluding hydrogens is 509 g/mol. The fourth-order valence-electron chi connectivity index (χ4n) is 3.49. The average molecular weight is 543 g/mol. The number of hydrogen-bond acceptors (Lipinski definition) is 4. The van der Waals surface area contributed by atoms with Gasteiger partial charge in [-0.05, 0) is 63.9 Å². The lowest BCUT2D eigenvalue weighted by atomic mass is 10.1. The Kier molecular flexibility index (Phi) is 10.0. The molecule has 2 amide bonds. The van der Waals surface area contributed by atoms with Crippen LogP contribution in [0.25, 0.3) is 0 Å². The molecule has 0 saturated heterocycles. The lowest BCUT2D eigenvalue weighted by molar-refractivity contribution is -0.141. The number of rotatable bonds is 10. The van der Waals surface area contributed by atoms with Crippen LogP contribution in [0.1, 0.15) is 46.1 Å². The molecule has 35 heavy (non-hydrogen) atoms. The van der Waals surface area contributed by atoms with Gasteiger partial charge in [0.05, 0.1) is 22.0 Å². The first-order valence-corrected chi connectivity index (χ1v) is 13.9. The van der Waals surface area contributed by atoms with Crippen molar-refractivity contribution in [2.75, 3.05) is 17.1 Å². The zero-order valence-electron chi connectivity index (χ0n) is 20.7. The van der Waals surface area contributed by atoms with Crippen LogP contribution in [0.3, 0.4) is 0 Å². The van der Waals surface area contributed by atoms with Gasteiger partial charge >= 0.3 is 0 Å². The third-order valence-corrected chi connectivity index (χ3v) is 7.13. The highest BCUT2D eigenvalue weighted by molar-refractivity contribution is 7.92. The van der Waals surface area contributed by atoms with Crippen LogP contribution in [0.2, 0.25) is 10.0 Å². The van der Waals surface area contributed by atoms with Crippen LogP contribution in [-0.2, 0) is 26.2 Å². The Labute approximate surface area is 218 Å². The summed E-state index contributed by atoms with van der Waals surface area (Å²) < 4.78 is 25.9. The van der Waals surface area contributed by atoms with Crippen molar-refractivity contribution in [1.29, 1.82) is 0 Å². The van der Waals surface area contributed by atoms with E-state index in [1.54, 1.807) is 55.5 Å². The van der Waals surface area contributed by atoms with E-state index in [1.165, 1.54) is 9.21 Å². The summed E-state index contributed by atoms with van der Waals surface area (Å²) in [5.41, 5.74) is 0.799. The molecule has 0 aliphatic rings. The first kappa shape index (κ1) is 28.9. The molecule has 7 nitrogen and oxygen atoms in total. The van der Waals surface area contributed by atoms with Gasteiger partial charge in [-0.15, -0.1) is 0 Å².